The van der Waals surface area contributed by atoms with Crippen molar-refractivity contribution in [3.8, 4) is 0 Å². The van der Waals surface area contributed by atoms with Gasteiger partial charge in [0.15, 0.2) is 0 Å². The molecule has 0 aliphatic heterocycles. The van der Waals surface area contributed by atoms with Crippen molar-refractivity contribution in [2.24, 2.45) is 0 Å². The van der Waals surface area contributed by atoms with Crippen LogP contribution in [-0.4, -0.2) is 31.0 Å². The number of hydrogen-bond donors (Lipinski definition) is 0. The molecule has 0 radical (unpaired) electrons. The van der Waals surface area contributed by atoms with Crippen LogP contribution in [0.4, 0.5) is 0 Å². The predicted molar refractivity (Wildman–Crippen MR) is 24.3 cm³/mol. The number of rotatable bonds is 2. The van der Waals surface area contributed by atoms with Crippen molar-refractivity contribution >= 4 is 20.2 Å². The zero-order valence-electron chi connectivity index (χ0n) is 4.33. The quantitative estimate of drug-likeness (QED) is 0.401. The van der Waals surface area contributed by atoms with Crippen LogP contribution in [0.25, 0.3) is 0 Å². The second-order valence-corrected chi connectivity index (χ2v) is 4.41. The van der Waals surface area contributed by atoms with Crippen LogP contribution < -0.4 is 0 Å². The van der Waals surface area contributed by atoms with E-state index in [-0.39, 0.29) is 17.1 Å². The third-order valence-electron chi connectivity index (χ3n) is 0.289. The van der Waals surface area contributed by atoms with E-state index < -0.39 is 25.3 Å². The Balaban J connectivity index is 0. The Labute approximate surface area is 68.6 Å². The van der Waals surface area contributed by atoms with E-state index in [1.807, 2.05) is 0 Å². The largest absolute Gasteiger partial charge is 2.00 e. The third-order valence-corrected chi connectivity index (χ3v) is 2.60. The van der Waals surface area contributed by atoms with Crippen LogP contribution in [0.15, 0.2) is 0 Å². The molecule has 0 unspecified atom stereocenters. The molecule has 0 heterocycles. The van der Waals surface area contributed by atoms with E-state index in [2.05, 4.69) is 0 Å². The molecule has 0 spiro atoms. The van der Waals surface area contributed by atoms with E-state index in [1.165, 1.54) is 0 Å². The first kappa shape index (κ1) is 13.0. The zero-order valence-corrected chi connectivity index (χ0v) is 7.06. The molecule has 0 aromatic carbocycles. The van der Waals surface area contributed by atoms with Gasteiger partial charge in [0.1, 0.15) is 25.3 Å². The van der Waals surface area contributed by atoms with E-state index in [9.17, 15) is 25.9 Å². The summed E-state index contributed by atoms with van der Waals surface area (Å²) < 4.78 is 57.1. The van der Waals surface area contributed by atoms with Gasteiger partial charge in [0, 0.05) is 0 Å². The summed E-state index contributed by atoms with van der Waals surface area (Å²) in [4.78, 5) is 0. The first-order valence-electron chi connectivity index (χ1n) is 1.58. The van der Waals surface area contributed by atoms with Crippen LogP contribution in [0.2, 0.25) is 0 Å². The maximum Gasteiger partial charge on any atom is 2.00 e. The zero-order chi connectivity index (χ0) is 7.71. The molecule has 0 amide bonds. The molecule has 0 atom stereocenters. The minimum absolute atomic E-state index is 0. The van der Waals surface area contributed by atoms with E-state index in [0.717, 1.165) is 0 Å². The SMILES string of the molecule is O=S(=O)([O-])CS(=O)(=O)[O-].[Fe+2]. The third kappa shape index (κ3) is 11.2. The predicted octanol–water partition coefficient (Wildman–Crippen LogP) is -1.97. The van der Waals surface area contributed by atoms with E-state index in [1.54, 1.807) is 0 Å². The molecule has 0 bridgehead atoms. The molecule has 0 saturated carbocycles. The van der Waals surface area contributed by atoms with Gasteiger partial charge in [0.25, 0.3) is 0 Å². The van der Waals surface area contributed by atoms with Gasteiger partial charge in [-0.15, -0.1) is 0 Å². The smallest absolute Gasteiger partial charge is 0.747 e. The van der Waals surface area contributed by atoms with Crippen molar-refractivity contribution in [1.29, 1.82) is 0 Å². The fourth-order valence-corrected chi connectivity index (χ4v) is 1.59. The molecule has 0 aliphatic rings. The molecule has 9 heteroatoms. The minimum Gasteiger partial charge on any atom is -0.747 e. The fourth-order valence-electron chi connectivity index (χ4n) is 0.177. The molecular formula is CH2FeO6S2. The molecule has 0 aromatic heterocycles. The van der Waals surface area contributed by atoms with Gasteiger partial charge in [-0.2, -0.15) is 0 Å². The van der Waals surface area contributed by atoms with Gasteiger partial charge in [-0.1, -0.05) is 0 Å². The Bertz CT molecular complexity index is 241. The molecule has 0 saturated heterocycles. The summed E-state index contributed by atoms with van der Waals surface area (Å²) in [6.07, 6.45) is 0. The van der Waals surface area contributed by atoms with Gasteiger partial charge in [0.05, 0.1) is 0 Å². The normalized spacial score (nSPS) is 12.2. The molecule has 0 aromatic rings. The molecule has 62 valence electrons. The van der Waals surface area contributed by atoms with E-state index in [4.69, 9.17) is 0 Å². The van der Waals surface area contributed by atoms with Gasteiger partial charge < -0.3 is 9.11 Å². The maximum absolute atomic E-state index is 9.51. The minimum atomic E-state index is -4.93. The van der Waals surface area contributed by atoms with E-state index >= 15 is 0 Å². The summed E-state index contributed by atoms with van der Waals surface area (Å²) in [7, 11) is -9.86. The molecule has 0 rings (SSSR count). The average Bonchev–Trinajstić information content (AvgIpc) is 1.14. The number of hydrogen-bond acceptors (Lipinski definition) is 6. The fraction of sp³-hybridized carbons (Fsp3) is 1.00. The second-order valence-electron chi connectivity index (χ2n) is 1.23. The second kappa shape index (κ2) is 3.65. The van der Waals surface area contributed by atoms with Crippen molar-refractivity contribution in [2.45, 2.75) is 0 Å². The van der Waals surface area contributed by atoms with Gasteiger partial charge in [-0.05, 0) is 0 Å². The molecule has 0 N–H and O–H groups in total. The summed E-state index contributed by atoms with van der Waals surface area (Å²) in [6.45, 7) is 0. The monoisotopic (exact) mass is 230 g/mol. The van der Waals surface area contributed by atoms with Crippen LogP contribution in [0, 0.1) is 0 Å². The Morgan fingerprint density at radius 1 is 0.900 bits per heavy atom. The Morgan fingerprint density at radius 3 is 1.10 bits per heavy atom. The van der Waals surface area contributed by atoms with E-state index in [0.29, 0.717) is 0 Å². The summed E-state index contributed by atoms with van der Waals surface area (Å²) in [5.41, 5.74) is 0. The van der Waals surface area contributed by atoms with Gasteiger partial charge in [0.2, 0.25) is 0 Å². The van der Waals surface area contributed by atoms with Crippen LogP contribution in [0.5, 0.6) is 0 Å². The van der Waals surface area contributed by atoms with Gasteiger partial charge in [-0.3, -0.25) is 0 Å². The first-order chi connectivity index (χ1) is 3.71. The molecule has 0 aliphatic carbocycles. The topological polar surface area (TPSA) is 114 Å². The average molecular weight is 230 g/mol. The molecule has 0 fully saturated rings. The van der Waals surface area contributed by atoms with Crippen molar-refractivity contribution in [1.82, 2.24) is 0 Å². The molecule has 6 nitrogen and oxygen atoms in total. The molecular weight excluding hydrogens is 228 g/mol. The maximum atomic E-state index is 9.51. The molecule has 10 heavy (non-hydrogen) atoms. The van der Waals surface area contributed by atoms with Crippen molar-refractivity contribution in [3.63, 3.8) is 0 Å². The van der Waals surface area contributed by atoms with Crippen molar-refractivity contribution in [3.05, 3.63) is 0 Å². The standard InChI is InChI=1S/CH4O6S2.Fe/c2-8(3,4)1-9(5,6)7;/h1H2,(H,2,3,4)(H,5,6,7);/q;+2/p-2. The Morgan fingerprint density at radius 2 is 1.10 bits per heavy atom. The summed E-state index contributed by atoms with van der Waals surface area (Å²) in [6, 6.07) is 0. The van der Waals surface area contributed by atoms with Crippen LogP contribution in [0.3, 0.4) is 0 Å². The van der Waals surface area contributed by atoms with Gasteiger partial charge in [-0.25, -0.2) is 16.8 Å². The summed E-state index contributed by atoms with van der Waals surface area (Å²) >= 11 is 0. The van der Waals surface area contributed by atoms with Crippen molar-refractivity contribution < 1.29 is 43.0 Å². The first-order valence-corrected chi connectivity index (χ1v) is 4.73. The van der Waals surface area contributed by atoms with Gasteiger partial charge >= 0.3 is 17.1 Å². The van der Waals surface area contributed by atoms with Crippen LogP contribution in [-0.2, 0) is 37.3 Å². The Hall–Kier alpha value is 0.339. The summed E-state index contributed by atoms with van der Waals surface area (Å²) in [5, 5.41) is -1.88. The van der Waals surface area contributed by atoms with Crippen LogP contribution >= 0.6 is 0 Å². The van der Waals surface area contributed by atoms with Crippen molar-refractivity contribution in [2.75, 3.05) is 5.08 Å². The Kier molecular flexibility index (Phi) is 4.73. The van der Waals surface area contributed by atoms with Crippen LogP contribution in [0.1, 0.15) is 0 Å². The summed E-state index contributed by atoms with van der Waals surface area (Å²) in [5.74, 6) is 0.